The van der Waals surface area contributed by atoms with Crippen molar-refractivity contribution < 1.29 is 13.9 Å². The molecule has 0 radical (unpaired) electrons. The minimum absolute atomic E-state index is 0.00578. The molecule has 0 aliphatic carbocycles. The highest BCUT2D eigenvalue weighted by atomic mass is 19.1. The molecule has 158 valence electrons. The fourth-order valence-electron chi connectivity index (χ4n) is 3.78. The second kappa shape index (κ2) is 9.47. The highest BCUT2D eigenvalue weighted by Gasteiger charge is 2.12. The van der Waals surface area contributed by atoms with E-state index < -0.39 is 0 Å². The highest BCUT2D eigenvalue weighted by molar-refractivity contribution is 5.85. The number of carbonyl (C=O) groups excluding carboxylic acids is 1. The Morgan fingerprint density at radius 3 is 2.65 bits per heavy atom. The smallest absolute Gasteiger partial charge is 0.220 e. The van der Waals surface area contributed by atoms with E-state index in [0.717, 1.165) is 27.8 Å². The third kappa shape index (κ3) is 4.94. The van der Waals surface area contributed by atoms with E-state index >= 15 is 0 Å². The zero-order valence-electron chi connectivity index (χ0n) is 17.5. The van der Waals surface area contributed by atoms with Crippen molar-refractivity contribution >= 4 is 16.8 Å². The summed E-state index contributed by atoms with van der Waals surface area (Å²) in [4.78, 5) is 12.4. The molecule has 3 aromatic carbocycles. The van der Waals surface area contributed by atoms with E-state index in [1.807, 2.05) is 54.7 Å². The molecule has 4 aromatic rings. The van der Waals surface area contributed by atoms with Crippen LogP contribution in [0.3, 0.4) is 0 Å². The molecule has 0 aliphatic heterocycles. The zero-order chi connectivity index (χ0) is 21.6. The van der Waals surface area contributed by atoms with Crippen molar-refractivity contribution in [1.82, 2.24) is 9.88 Å². The monoisotopic (exact) mass is 416 g/mol. The number of nitrogens with one attached hydrogen (secondary N) is 1. The van der Waals surface area contributed by atoms with Gasteiger partial charge in [0.15, 0.2) is 0 Å². The van der Waals surface area contributed by atoms with E-state index in [1.165, 1.54) is 6.07 Å². The van der Waals surface area contributed by atoms with Crippen LogP contribution in [0.5, 0.6) is 5.75 Å². The Bertz CT molecular complexity index is 1200. The number of ether oxygens (including phenoxy) is 1. The van der Waals surface area contributed by atoms with E-state index in [9.17, 15) is 9.18 Å². The number of carbonyl (C=O) groups is 1. The average molecular weight is 416 g/mol. The van der Waals surface area contributed by atoms with Crippen LogP contribution in [0.15, 0.2) is 79.0 Å². The standard InChI is InChI=1S/C26H25FN2O2/c1-31-22-9-6-7-19(15-22)16-28-26(30)14-13-20-17-29(25-12-5-3-10-23(20)25)18-21-8-2-4-11-24(21)27/h2-12,15,17H,13-14,16,18H2,1H3,(H,28,30). The van der Waals surface area contributed by atoms with Gasteiger partial charge in [0, 0.05) is 35.6 Å². The maximum Gasteiger partial charge on any atom is 0.220 e. The molecule has 0 saturated heterocycles. The first-order valence-corrected chi connectivity index (χ1v) is 10.3. The molecule has 0 atom stereocenters. The minimum Gasteiger partial charge on any atom is -0.497 e. The highest BCUT2D eigenvalue weighted by Crippen LogP contribution is 2.24. The molecular weight excluding hydrogens is 391 g/mol. The summed E-state index contributed by atoms with van der Waals surface area (Å²) in [6, 6.07) is 22.5. The topological polar surface area (TPSA) is 43.3 Å². The van der Waals surface area contributed by atoms with E-state index in [4.69, 9.17) is 4.74 Å². The van der Waals surface area contributed by atoms with Crippen molar-refractivity contribution in [3.05, 3.63) is 102 Å². The Balaban J connectivity index is 1.43. The van der Waals surface area contributed by atoms with Crippen LogP contribution in [0.2, 0.25) is 0 Å². The summed E-state index contributed by atoms with van der Waals surface area (Å²) >= 11 is 0. The number of fused-ring (bicyclic) bond motifs is 1. The molecule has 31 heavy (non-hydrogen) atoms. The van der Waals surface area contributed by atoms with Crippen molar-refractivity contribution in [2.24, 2.45) is 0 Å². The van der Waals surface area contributed by atoms with Crippen molar-refractivity contribution in [3.8, 4) is 5.75 Å². The molecule has 4 nitrogen and oxygen atoms in total. The molecule has 1 amide bonds. The Morgan fingerprint density at radius 1 is 1.00 bits per heavy atom. The predicted octanol–water partition coefficient (Wildman–Crippen LogP) is 5.09. The van der Waals surface area contributed by atoms with Gasteiger partial charge in [-0.2, -0.15) is 0 Å². The number of para-hydroxylation sites is 1. The van der Waals surface area contributed by atoms with Crippen LogP contribution in [-0.2, 0) is 24.3 Å². The minimum atomic E-state index is -0.209. The number of hydrogen-bond donors (Lipinski definition) is 1. The van der Waals surface area contributed by atoms with Crippen LogP contribution in [0.1, 0.15) is 23.1 Å². The zero-order valence-corrected chi connectivity index (χ0v) is 17.5. The van der Waals surface area contributed by atoms with E-state index in [1.54, 1.807) is 19.2 Å². The first-order chi connectivity index (χ1) is 15.1. The SMILES string of the molecule is COc1cccc(CNC(=O)CCc2cn(Cc3ccccc3F)c3ccccc23)c1. The van der Waals surface area contributed by atoms with E-state index in [-0.39, 0.29) is 11.7 Å². The van der Waals surface area contributed by atoms with Crippen molar-refractivity contribution in [3.63, 3.8) is 0 Å². The van der Waals surface area contributed by atoms with Gasteiger partial charge in [-0.3, -0.25) is 4.79 Å². The number of halogens is 1. The van der Waals surface area contributed by atoms with Crippen molar-refractivity contribution in [2.45, 2.75) is 25.9 Å². The fourth-order valence-corrected chi connectivity index (χ4v) is 3.78. The van der Waals surface area contributed by atoms with Gasteiger partial charge < -0.3 is 14.6 Å². The number of amides is 1. The third-order valence-corrected chi connectivity index (χ3v) is 5.41. The van der Waals surface area contributed by atoms with Crippen LogP contribution in [0.4, 0.5) is 4.39 Å². The number of aromatic nitrogens is 1. The van der Waals surface area contributed by atoms with Gasteiger partial charge in [-0.25, -0.2) is 4.39 Å². The number of benzene rings is 3. The molecule has 0 aliphatic rings. The van der Waals surface area contributed by atoms with E-state index in [0.29, 0.717) is 31.5 Å². The maximum atomic E-state index is 14.1. The molecule has 1 aromatic heterocycles. The van der Waals surface area contributed by atoms with Gasteiger partial charge in [-0.1, -0.05) is 48.5 Å². The summed E-state index contributed by atoms with van der Waals surface area (Å²) in [5.74, 6) is 0.557. The number of methoxy groups -OCH3 is 1. The summed E-state index contributed by atoms with van der Waals surface area (Å²) in [5.41, 5.74) is 3.76. The Labute approximate surface area is 181 Å². The van der Waals surface area contributed by atoms with Gasteiger partial charge >= 0.3 is 0 Å². The van der Waals surface area contributed by atoms with Gasteiger partial charge in [-0.15, -0.1) is 0 Å². The Hall–Kier alpha value is -3.60. The molecule has 0 bridgehead atoms. The number of nitrogens with zero attached hydrogens (tertiary/aromatic N) is 1. The first-order valence-electron chi connectivity index (χ1n) is 10.3. The summed E-state index contributed by atoms with van der Waals surface area (Å²) in [6.07, 6.45) is 3.04. The lowest BCUT2D eigenvalue weighted by molar-refractivity contribution is -0.121. The van der Waals surface area contributed by atoms with Crippen LogP contribution >= 0.6 is 0 Å². The lowest BCUT2D eigenvalue weighted by atomic mass is 10.1. The molecular formula is C26H25FN2O2. The number of rotatable bonds is 8. The Morgan fingerprint density at radius 2 is 1.81 bits per heavy atom. The largest absolute Gasteiger partial charge is 0.497 e. The molecule has 5 heteroatoms. The first kappa shape index (κ1) is 20.7. The Kier molecular flexibility index (Phi) is 6.32. The lowest BCUT2D eigenvalue weighted by Gasteiger charge is -2.07. The van der Waals surface area contributed by atoms with Crippen LogP contribution in [0.25, 0.3) is 10.9 Å². The molecule has 4 rings (SSSR count). The van der Waals surface area contributed by atoms with Crippen molar-refractivity contribution in [2.75, 3.05) is 7.11 Å². The predicted molar refractivity (Wildman–Crippen MR) is 121 cm³/mol. The second-order valence-electron chi connectivity index (χ2n) is 7.52. The summed E-state index contributed by atoms with van der Waals surface area (Å²) in [6.45, 7) is 0.917. The molecule has 1 N–H and O–H groups in total. The number of aryl methyl sites for hydroxylation is 1. The quantitative estimate of drug-likeness (QED) is 0.435. The van der Waals surface area contributed by atoms with Gasteiger partial charge in [0.1, 0.15) is 11.6 Å². The van der Waals surface area contributed by atoms with Crippen LogP contribution in [-0.4, -0.2) is 17.6 Å². The average Bonchev–Trinajstić information content (AvgIpc) is 3.15. The van der Waals surface area contributed by atoms with Gasteiger partial charge in [-0.05, 0) is 41.8 Å². The van der Waals surface area contributed by atoms with E-state index in [2.05, 4.69) is 16.0 Å². The van der Waals surface area contributed by atoms with Crippen molar-refractivity contribution in [1.29, 1.82) is 0 Å². The number of hydrogen-bond acceptors (Lipinski definition) is 2. The summed E-state index contributed by atoms with van der Waals surface area (Å²) in [5, 5.41) is 4.07. The summed E-state index contributed by atoms with van der Waals surface area (Å²) in [7, 11) is 1.63. The normalized spacial score (nSPS) is 10.9. The molecule has 0 saturated carbocycles. The lowest BCUT2D eigenvalue weighted by Crippen LogP contribution is -2.22. The van der Waals surface area contributed by atoms with Gasteiger partial charge in [0.05, 0.1) is 13.7 Å². The van der Waals surface area contributed by atoms with Gasteiger partial charge in [0.25, 0.3) is 0 Å². The fraction of sp³-hybridized carbons (Fsp3) is 0.192. The van der Waals surface area contributed by atoms with Crippen LogP contribution < -0.4 is 10.1 Å². The molecule has 0 fully saturated rings. The molecule has 0 unspecified atom stereocenters. The van der Waals surface area contributed by atoms with Gasteiger partial charge in [0.2, 0.25) is 5.91 Å². The maximum absolute atomic E-state index is 14.1. The molecule has 0 spiro atoms. The third-order valence-electron chi connectivity index (χ3n) is 5.41. The van der Waals surface area contributed by atoms with Crippen LogP contribution in [0, 0.1) is 5.82 Å². The summed E-state index contributed by atoms with van der Waals surface area (Å²) < 4.78 is 21.4. The molecule has 1 heterocycles. The second-order valence-corrected chi connectivity index (χ2v) is 7.52.